The van der Waals surface area contributed by atoms with Crippen LogP contribution in [0, 0.1) is 0 Å². The summed E-state index contributed by atoms with van der Waals surface area (Å²) in [6.45, 7) is 8.42. The molecule has 2 N–H and O–H groups in total. The number of hydrogen-bond donors (Lipinski definition) is 2. The number of aliphatic imine (C=N–C) groups is 1. The maximum atomic E-state index is 5.78. The highest BCUT2D eigenvalue weighted by Crippen LogP contribution is 2.24. The maximum absolute atomic E-state index is 5.78. The van der Waals surface area contributed by atoms with Crippen LogP contribution in [-0.4, -0.2) is 50.5 Å². The Balaban J connectivity index is 1.78. The summed E-state index contributed by atoms with van der Waals surface area (Å²) in [7, 11) is 0. The molecule has 2 heterocycles. The van der Waals surface area contributed by atoms with E-state index in [1.807, 2.05) is 0 Å². The van der Waals surface area contributed by atoms with Crippen LogP contribution in [0.5, 0.6) is 0 Å². The molecule has 0 spiro atoms. The lowest BCUT2D eigenvalue weighted by Gasteiger charge is -2.25. The van der Waals surface area contributed by atoms with Gasteiger partial charge in [0.1, 0.15) is 0 Å². The third-order valence-electron chi connectivity index (χ3n) is 3.99. The average molecular weight is 283 g/mol. The Bertz CT molecular complexity index is 308. The number of hydrogen-bond acceptors (Lipinski definition) is 3. The van der Waals surface area contributed by atoms with Gasteiger partial charge in [-0.05, 0) is 46.0 Å². The molecule has 2 saturated heterocycles. The Hall–Kier alpha value is -0.810. The molecule has 2 fully saturated rings. The molecule has 0 aromatic carbocycles. The zero-order valence-corrected chi connectivity index (χ0v) is 12.9. The molecule has 20 heavy (non-hydrogen) atoms. The number of rotatable bonds is 5. The molecule has 0 radical (unpaired) electrons. The van der Waals surface area contributed by atoms with Gasteiger partial charge in [-0.3, -0.25) is 4.99 Å². The molecule has 0 amide bonds. The van der Waals surface area contributed by atoms with E-state index in [0.717, 1.165) is 51.5 Å². The van der Waals surface area contributed by atoms with E-state index in [1.54, 1.807) is 0 Å². The zero-order valence-electron chi connectivity index (χ0n) is 12.9. The van der Waals surface area contributed by atoms with Crippen LogP contribution >= 0.6 is 0 Å². The second-order valence-electron chi connectivity index (χ2n) is 5.97. The van der Waals surface area contributed by atoms with Gasteiger partial charge in [-0.2, -0.15) is 0 Å². The van der Waals surface area contributed by atoms with E-state index < -0.39 is 0 Å². The Labute approximate surface area is 122 Å². The van der Waals surface area contributed by atoms with Gasteiger partial charge in [0.2, 0.25) is 0 Å². The van der Waals surface area contributed by atoms with Crippen LogP contribution in [0.1, 0.15) is 46.0 Å². The van der Waals surface area contributed by atoms with Gasteiger partial charge < -0.3 is 20.1 Å². The second-order valence-corrected chi connectivity index (χ2v) is 5.97. The molecule has 2 unspecified atom stereocenters. The first-order chi connectivity index (χ1) is 9.72. The summed E-state index contributed by atoms with van der Waals surface area (Å²) < 4.78 is 11.5. The first-order valence-electron chi connectivity index (χ1n) is 7.99. The molecule has 0 aliphatic carbocycles. The quantitative estimate of drug-likeness (QED) is 0.595. The van der Waals surface area contributed by atoms with Crippen molar-refractivity contribution in [2.24, 2.45) is 4.99 Å². The smallest absolute Gasteiger partial charge is 0.191 e. The number of ether oxygens (including phenoxy) is 2. The van der Waals surface area contributed by atoms with Crippen molar-refractivity contribution in [3.8, 4) is 0 Å². The first-order valence-corrected chi connectivity index (χ1v) is 7.99. The third-order valence-corrected chi connectivity index (χ3v) is 3.99. The number of nitrogens with one attached hydrogen (secondary N) is 2. The normalized spacial score (nSPS) is 31.3. The second kappa shape index (κ2) is 7.84. The minimum Gasteiger partial charge on any atom is -0.376 e. The summed E-state index contributed by atoms with van der Waals surface area (Å²) in [5.41, 5.74) is -0.0797. The topological polar surface area (TPSA) is 54.9 Å². The standard InChI is InChI=1S/C15H29N3O2/c1-3-16-14(17-11-13-7-4-5-9-19-13)18-12-15(2)8-6-10-20-15/h13H,3-12H2,1-2H3,(H2,16,17,18). The fraction of sp³-hybridized carbons (Fsp3) is 0.933. The van der Waals surface area contributed by atoms with Crippen LogP contribution in [-0.2, 0) is 9.47 Å². The van der Waals surface area contributed by atoms with E-state index in [1.165, 1.54) is 12.8 Å². The van der Waals surface area contributed by atoms with Gasteiger partial charge in [0.25, 0.3) is 0 Å². The van der Waals surface area contributed by atoms with Crippen molar-refractivity contribution in [1.29, 1.82) is 0 Å². The van der Waals surface area contributed by atoms with Gasteiger partial charge in [0.05, 0.1) is 18.2 Å². The van der Waals surface area contributed by atoms with Crippen LogP contribution < -0.4 is 10.6 Å². The summed E-state index contributed by atoms with van der Waals surface area (Å²) in [5.74, 6) is 0.874. The minimum absolute atomic E-state index is 0.0797. The molecule has 5 nitrogen and oxygen atoms in total. The summed E-state index contributed by atoms with van der Waals surface area (Å²) in [6.07, 6.45) is 6.18. The van der Waals surface area contributed by atoms with E-state index in [9.17, 15) is 0 Å². The van der Waals surface area contributed by atoms with Gasteiger partial charge >= 0.3 is 0 Å². The highest BCUT2D eigenvalue weighted by Gasteiger charge is 2.29. The van der Waals surface area contributed by atoms with Gasteiger partial charge in [0.15, 0.2) is 5.96 Å². The Morgan fingerprint density at radius 2 is 2.15 bits per heavy atom. The van der Waals surface area contributed by atoms with Crippen molar-refractivity contribution in [3.05, 3.63) is 0 Å². The molecule has 2 atom stereocenters. The highest BCUT2D eigenvalue weighted by atomic mass is 16.5. The van der Waals surface area contributed by atoms with Gasteiger partial charge in [0, 0.05) is 26.3 Å². The lowest BCUT2D eigenvalue weighted by atomic mass is 10.0. The lowest BCUT2D eigenvalue weighted by molar-refractivity contribution is 0.0192. The monoisotopic (exact) mass is 283 g/mol. The lowest BCUT2D eigenvalue weighted by Crippen LogP contribution is -2.43. The van der Waals surface area contributed by atoms with Crippen molar-refractivity contribution in [3.63, 3.8) is 0 Å². The van der Waals surface area contributed by atoms with Gasteiger partial charge in [-0.25, -0.2) is 0 Å². The number of guanidine groups is 1. The molecule has 0 aromatic heterocycles. The van der Waals surface area contributed by atoms with E-state index in [0.29, 0.717) is 12.6 Å². The molecule has 2 aliphatic heterocycles. The van der Waals surface area contributed by atoms with Crippen molar-refractivity contribution in [1.82, 2.24) is 10.6 Å². The van der Waals surface area contributed by atoms with Gasteiger partial charge in [-0.1, -0.05) is 0 Å². The molecular formula is C15H29N3O2. The predicted molar refractivity (Wildman–Crippen MR) is 81.2 cm³/mol. The molecule has 2 rings (SSSR count). The molecule has 0 bridgehead atoms. The maximum Gasteiger partial charge on any atom is 0.191 e. The van der Waals surface area contributed by atoms with Crippen molar-refractivity contribution < 1.29 is 9.47 Å². The average Bonchev–Trinajstić information content (AvgIpc) is 2.90. The zero-order chi connectivity index (χ0) is 14.3. The summed E-state index contributed by atoms with van der Waals surface area (Å²) in [6, 6.07) is 0. The molecular weight excluding hydrogens is 254 g/mol. The van der Waals surface area contributed by atoms with Crippen LogP contribution in [0.25, 0.3) is 0 Å². The summed E-state index contributed by atoms with van der Waals surface area (Å²) in [4.78, 5) is 4.67. The molecule has 0 aromatic rings. The van der Waals surface area contributed by atoms with E-state index >= 15 is 0 Å². The van der Waals surface area contributed by atoms with Crippen LogP contribution in [0.15, 0.2) is 4.99 Å². The largest absolute Gasteiger partial charge is 0.376 e. The molecule has 2 aliphatic rings. The van der Waals surface area contributed by atoms with Gasteiger partial charge in [-0.15, -0.1) is 0 Å². The first kappa shape index (κ1) is 15.6. The molecule has 116 valence electrons. The fourth-order valence-electron chi connectivity index (χ4n) is 2.73. The molecule has 5 heteroatoms. The minimum atomic E-state index is -0.0797. The van der Waals surface area contributed by atoms with Crippen LogP contribution in [0.3, 0.4) is 0 Å². The van der Waals surface area contributed by atoms with Crippen LogP contribution in [0.4, 0.5) is 0 Å². The highest BCUT2D eigenvalue weighted by molar-refractivity contribution is 5.79. The summed E-state index contributed by atoms with van der Waals surface area (Å²) >= 11 is 0. The SMILES string of the molecule is CCNC(=NCC1(C)CCCO1)NCC1CCCCO1. The van der Waals surface area contributed by atoms with E-state index in [2.05, 4.69) is 29.5 Å². The fourth-order valence-corrected chi connectivity index (χ4v) is 2.73. The van der Waals surface area contributed by atoms with E-state index in [-0.39, 0.29) is 5.60 Å². The number of nitrogens with zero attached hydrogens (tertiary/aromatic N) is 1. The van der Waals surface area contributed by atoms with Crippen molar-refractivity contribution in [2.45, 2.75) is 57.7 Å². The Morgan fingerprint density at radius 3 is 2.80 bits per heavy atom. The Morgan fingerprint density at radius 1 is 1.25 bits per heavy atom. The van der Waals surface area contributed by atoms with Crippen LogP contribution in [0.2, 0.25) is 0 Å². The van der Waals surface area contributed by atoms with Crippen molar-refractivity contribution >= 4 is 5.96 Å². The summed E-state index contributed by atoms with van der Waals surface area (Å²) in [5, 5.41) is 6.68. The molecule has 0 saturated carbocycles. The van der Waals surface area contributed by atoms with Crippen molar-refractivity contribution in [2.75, 3.05) is 32.8 Å². The third kappa shape index (κ3) is 4.94. The Kier molecular flexibility index (Phi) is 6.10. The van der Waals surface area contributed by atoms with E-state index in [4.69, 9.17) is 9.47 Å². The predicted octanol–water partition coefficient (Wildman–Crippen LogP) is 1.68.